The lowest BCUT2D eigenvalue weighted by molar-refractivity contribution is 0.00907. The van der Waals surface area contributed by atoms with Crippen molar-refractivity contribution in [3.63, 3.8) is 0 Å². The van der Waals surface area contributed by atoms with Crippen LogP contribution in [0.4, 0.5) is 4.39 Å². The number of hydrogen-bond acceptors (Lipinski definition) is 2. The third kappa shape index (κ3) is 3.22. The molecule has 2 saturated heterocycles. The van der Waals surface area contributed by atoms with Crippen LogP contribution in [0.25, 0.3) is 0 Å². The molecule has 2 unspecified atom stereocenters. The second-order valence-corrected chi connectivity index (χ2v) is 5.17. The van der Waals surface area contributed by atoms with Crippen LogP contribution in [-0.2, 0) is 11.3 Å². The SMILES string of the molecule is Cl.Fc1cccc(COC2CC3CCC(C2)N3)c1. The molecule has 0 aliphatic carbocycles. The van der Waals surface area contributed by atoms with Crippen LogP contribution in [0.1, 0.15) is 31.2 Å². The fourth-order valence-corrected chi connectivity index (χ4v) is 2.98. The topological polar surface area (TPSA) is 21.3 Å². The van der Waals surface area contributed by atoms with Gasteiger partial charge in [0.25, 0.3) is 0 Å². The molecule has 18 heavy (non-hydrogen) atoms. The highest BCUT2D eigenvalue weighted by atomic mass is 35.5. The fourth-order valence-electron chi connectivity index (χ4n) is 2.98. The first-order valence-corrected chi connectivity index (χ1v) is 6.42. The van der Waals surface area contributed by atoms with E-state index in [2.05, 4.69) is 5.32 Å². The van der Waals surface area contributed by atoms with E-state index in [-0.39, 0.29) is 18.2 Å². The number of piperidine rings is 1. The van der Waals surface area contributed by atoms with Gasteiger partial charge in [-0.2, -0.15) is 0 Å². The molecule has 2 atom stereocenters. The summed E-state index contributed by atoms with van der Waals surface area (Å²) in [5.74, 6) is -0.184. The van der Waals surface area contributed by atoms with Crippen molar-refractivity contribution in [3.05, 3.63) is 35.6 Å². The minimum atomic E-state index is -0.184. The smallest absolute Gasteiger partial charge is 0.123 e. The predicted octanol–water partition coefficient (Wildman–Crippen LogP) is 3.05. The number of nitrogens with one attached hydrogen (secondary N) is 1. The van der Waals surface area contributed by atoms with E-state index in [1.54, 1.807) is 12.1 Å². The van der Waals surface area contributed by atoms with Crippen LogP contribution in [-0.4, -0.2) is 18.2 Å². The molecule has 2 heterocycles. The maximum Gasteiger partial charge on any atom is 0.123 e. The van der Waals surface area contributed by atoms with Gasteiger partial charge in [0, 0.05) is 12.1 Å². The van der Waals surface area contributed by atoms with E-state index in [0.29, 0.717) is 24.8 Å². The van der Waals surface area contributed by atoms with Crippen LogP contribution < -0.4 is 5.32 Å². The van der Waals surface area contributed by atoms with Gasteiger partial charge in [-0.25, -0.2) is 4.39 Å². The highest BCUT2D eigenvalue weighted by molar-refractivity contribution is 5.85. The van der Waals surface area contributed by atoms with Gasteiger partial charge in [-0.3, -0.25) is 0 Å². The first kappa shape index (κ1) is 13.8. The first-order chi connectivity index (χ1) is 8.29. The van der Waals surface area contributed by atoms with Gasteiger partial charge in [-0.15, -0.1) is 12.4 Å². The van der Waals surface area contributed by atoms with Crippen molar-refractivity contribution in [3.8, 4) is 0 Å². The van der Waals surface area contributed by atoms with E-state index in [1.165, 1.54) is 18.9 Å². The maximum atomic E-state index is 13.0. The van der Waals surface area contributed by atoms with Crippen molar-refractivity contribution in [2.75, 3.05) is 0 Å². The summed E-state index contributed by atoms with van der Waals surface area (Å²) in [6.45, 7) is 0.530. The molecule has 2 fully saturated rings. The summed E-state index contributed by atoms with van der Waals surface area (Å²) < 4.78 is 18.9. The fraction of sp³-hybridized carbons (Fsp3) is 0.571. The van der Waals surface area contributed by atoms with E-state index in [9.17, 15) is 4.39 Å². The van der Waals surface area contributed by atoms with Gasteiger partial charge in [0.2, 0.25) is 0 Å². The number of fused-ring (bicyclic) bond motifs is 2. The Kier molecular flexibility index (Phi) is 4.60. The van der Waals surface area contributed by atoms with Gasteiger partial charge < -0.3 is 10.1 Å². The van der Waals surface area contributed by atoms with Gasteiger partial charge in [-0.1, -0.05) is 12.1 Å². The molecule has 1 aromatic rings. The normalized spacial score (nSPS) is 29.9. The monoisotopic (exact) mass is 271 g/mol. The summed E-state index contributed by atoms with van der Waals surface area (Å²) in [6, 6.07) is 7.96. The van der Waals surface area contributed by atoms with Gasteiger partial charge in [-0.05, 0) is 43.4 Å². The molecule has 0 aromatic heterocycles. The van der Waals surface area contributed by atoms with Crippen molar-refractivity contribution >= 4 is 12.4 Å². The molecule has 2 aliphatic rings. The Labute approximate surface area is 113 Å². The van der Waals surface area contributed by atoms with Crippen molar-refractivity contribution in [2.24, 2.45) is 0 Å². The Bertz CT molecular complexity index is 389. The Balaban J connectivity index is 0.00000120. The summed E-state index contributed by atoms with van der Waals surface area (Å²) >= 11 is 0. The summed E-state index contributed by atoms with van der Waals surface area (Å²) in [5.41, 5.74) is 0.927. The van der Waals surface area contributed by atoms with Crippen LogP contribution in [0, 0.1) is 5.82 Å². The van der Waals surface area contributed by atoms with E-state index in [1.807, 2.05) is 6.07 Å². The van der Waals surface area contributed by atoms with Crippen molar-refractivity contribution in [1.29, 1.82) is 0 Å². The Morgan fingerprint density at radius 2 is 1.94 bits per heavy atom. The standard InChI is InChI=1S/C14H18FNO.ClH/c15-11-3-1-2-10(6-11)9-17-14-7-12-4-5-13(8-14)16-12;/h1-3,6,12-14,16H,4-5,7-9H2;1H. The molecule has 1 aromatic carbocycles. The summed E-state index contributed by atoms with van der Waals surface area (Å²) in [5, 5.41) is 3.59. The molecule has 2 aliphatic heterocycles. The second kappa shape index (κ2) is 6.00. The van der Waals surface area contributed by atoms with Gasteiger partial charge >= 0.3 is 0 Å². The molecule has 2 nitrogen and oxygen atoms in total. The van der Waals surface area contributed by atoms with E-state index in [4.69, 9.17) is 4.74 Å². The second-order valence-electron chi connectivity index (χ2n) is 5.17. The van der Waals surface area contributed by atoms with Gasteiger partial charge in [0.15, 0.2) is 0 Å². The largest absolute Gasteiger partial charge is 0.373 e. The zero-order chi connectivity index (χ0) is 11.7. The molecule has 4 heteroatoms. The molecule has 3 rings (SSSR count). The number of halogens is 2. The molecule has 0 amide bonds. The summed E-state index contributed by atoms with van der Waals surface area (Å²) in [7, 11) is 0. The van der Waals surface area contributed by atoms with Crippen LogP contribution in [0.5, 0.6) is 0 Å². The molecule has 2 bridgehead atoms. The van der Waals surface area contributed by atoms with E-state index in [0.717, 1.165) is 18.4 Å². The third-order valence-corrected chi connectivity index (χ3v) is 3.80. The zero-order valence-electron chi connectivity index (χ0n) is 10.3. The van der Waals surface area contributed by atoms with E-state index < -0.39 is 0 Å². The Morgan fingerprint density at radius 1 is 1.22 bits per heavy atom. The lowest BCUT2D eigenvalue weighted by atomic mass is 10.0. The lowest BCUT2D eigenvalue weighted by Crippen LogP contribution is -2.41. The van der Waals surface area contributed by atoms with Crippen LogP contribution >= 0.6 is 12.4 Å². The number of rotatable bonds is 3. The van der Waals surface area contributed by atoms with Gasteiger partial charge in [0.05, 0.1) is 12.7 Å². The van der Waals surface area contributed by atoms with Crippen molar-refractivity contribution in [1.82, 2.24) is 5.32 Å². The molecule has 100 valence electrons. The maximum absolute atomic E-state index is 13.0. The third-order valence-electron chi connectivity index (χ3n) is 3.80. The summed E-state index contributed by atoms with van der Waals surface area (Å²) in [4.78, 5) is 0. The molecule has 0 saturated carbocycles. The number of hydrogen-bond donors (Lipinski definition) is 1. The minimum absolute atomic E-state index is 0. The quantitative estimate of drug-likeness (QED) is 0.912. The minimum Gasteiger partial charge on any atom is -0.373 e. The number of benzene rings is 1. The van der Waals surface area contributed by atoms with Crippen LogP contribution in [0.15, 0.2) is 24.3 Å². The van der Waals surface area contributed by atoms with Crippen molar-refractivity contribution < 1.29 is 9.13 Å². The van der Waals surface area contributed by atoms with Crippen LogP contribution in [0.2, 0.25) is 0 Å². The average molecular weight is 272 g/mol. The first-order valence-electron chi connectivity index (χ1n) is 6.42. The zero-order valence-corrected chi connectivity index (χ0v) is 11.1. The molecule has 0 radical (unpaired) electrons. The summed E-state index contributed by atoms with van der Waals surface area (Å²) in [6.07, 6.45) is 5.11. The molecular weight excluding hydrogens is 253 g/mol. The molecular formula is C14H19ClFNO. The van der Waals surface area contributed by atoms with E-state index >= 15 is 0 Å². The lowest BCUT2D eigenvalue weighted by Gasteiger charge is -2.29. The number of ether oxygens (including phenoxy) is 1. The van der Waals surface area contributed by atoms with Crippen molar-refractivity contribution in [2.45, 2.75) is 50.5 Å². The molecule has 0 spiro atoms. The Morgan fingerprint density at radius 3 is 2.61 bits per heavy atom. The predicted molar refractivity (Wildman–Crippen MR) is 71.4 cm³/mol. The average Bonchev–Trinajstić information content (AvgIpc) is 2.66. The highest BCUT2D eigenvalue weighted by Crippen LogP contribution is 2.28. The Hall–Kier alpha value is -0.640. The highest BCUT2D eigenvalue weighted by Gasteiger charge is 2.33. The molecule has 1 N–H and O–H groups in total. The van der Waals surface area contributed by atoms with Gasteiger partial charge in [0.1, 0.15) is 5.82 Å². The van der Waals surface area contributed by atoms with Crippen LogP contribution in [0.3, 0.4) is 0 Å².